The van der Waals surface area contributed by atoms with E-state index in [1.807, 2.05) is 37.4 Å². The zero-order valence-corrected chi connectivity index (χ0v) is 18.1. The van der Waals surface area contributed by atoms with Gasteiger partial charge in [0.05, 0.1) is 19.3 Å². The average Bonchev–Trinajstić information content (AvgIpc) is 3.04. The number of morpholine rings is 1. The predicted octanol–water partition coefficient (Wildman–Crippen LogP) is 2.34. The number of aliphatic imine (C=N–C) groups is 1. The van der Waals surface area contributed by atoms with Gasteiger partial charge < -0.3 is 19.9 Å². The van der Waals surface area contributed by atoms with Gasteiger partial charge in [0.15, 0.2) is 5.96 Å². The Kier molecular flexibility index (Phi) is 6.84. The third-order valence-electron chi connectivity index (χ3n) is 5.87. The molecule has 0 amide bonds. The van der Waals surface area contributed by atoms with E-state index in [2.05, 4.69) is 42.3 Å². The fourth-order valence-electron chi connectivity index (χ4n) is 4.21. The monoisotopic (exact) mass is 411 g/mol. The Balaban J connectivity index is 1.37. The molecule has 0 aromatic carbocycles. The molecule has 1 unspecified atom stereocenters. The van der Waals surface area contributed by atoms with Crippen molar-refractivity contribution in [1.82, 2.24) is 25.0 Å². The number of aromatic nitrogens is 3. The molecule has 2 fully saturated rings. The normalized spacial score (nSPS) is 20.9. The highest BCUT2D eigenvalue weighted by Crippen LogP contribution is 2.22. The molecule has 0 bridgehead atoms. The summed E-state index contributed by atoms with van der Waals surface area (Å²) in [5, 5.41) is 7.80. The Morgan fingerprint density at radius 2 is 2.07 bits per heavy atom. The minimum absolute atomic E-state index is 0.0153. The number of ether oxygens (including phenoxy) is 1. The van der Waals surface area contributed by atoms with Crippen molar-refractivity contribution < 1.29 is 4.74 Å². The summed E-state index contributed by atoms with van der Waals surface area (Å²) in [6.07, 6.45) is 11.0. The summed E-state index contributed by atoms with van der Waals surface area (Å²) in [6, 6.07) is 4.29. The van der Waals surface area contributed by atoms with Crippen LogP contribution in [0.4, 0.5) is 5.82 Å². The zero-order chi connectivity index (χ0) is 20.8. The number of nitrogens with zero attached hydrogens (tertiary/aromatic N) is 6. The van der Waals surface area contributed by atoms with Gasteiger partial charge in [-0.2, -0.15) is 5.10 Å². The lowest BCUT2D eigenvalue weighted by Gasteiger charge is -2.34. The van der Waals surface area contributed by atoms with Crippen LogP contribution in [-0.2, 0) is 18.3 Å². The third-order valence-corrected chi connectivity index (χ3v) is 5.87. The minimum Gasteiger partial charge on any atom is -0.370 e. The number of aryl methyl sites for hydroxylation is 1. The van der Waals surface area contributed by atoms with Gasteiger partial charge in [-0.1, -0.05) is 12.8 Å². The summed E-state index contributed by atoms with van der Waals surface area (Å²) in [5.74, 6) is 1.99. The van der Waals surface area contributed by atoms with Crippen LogP contribution in [0.15, 0.2) is 35.7 Å². The molecule has 2 aromatic rings. The lowest BCUT2D eigenvalue weighted by molar-refractivity contribution is -0.00805. The van der Waals surface area contributed by atoms with Gasteiger partial charge in [0.25, 0.3) is 0 Å². The summed E-state index contributed by atoms with van der Waals surface area (Å²) in [4.78, 5) is 13.8. The number of anilines is 1. The van der Waals surface area contributed by atoms with E-state index in [-0.39, 0.29) is 6.10 Å². The van der Waals surface area contributed by atoms with E-state index in [0.29, 0.717) is 6.61 Å². The van der Waals surface area contributed by atoms with E-state index < -0.39 is 0 Å². The first-order valence-corrected chi connectivity index (χ1v) is 11.0. The number of rotatable bonds is 4. The second-order valence-electron chi connectivity index (χ2n) is 8.08. The molecular weight excluding hydrogens is 378 g/mol. The largest absolute Gasteiger partial charge is 0.370 e. The van der Waals surface area contributed by atoms with Crippen LogP contribution in [0.3, 0.4) is 0 Å². The first-order chi connectivity index (χ1) is 14.7. The summed E-state index contributed by atoms with van der Waals surface area (Å²) < 4.78 is 7.78. The van der Waals surface area contributed by atoms with Crippen molar-refractivity contribution in [3.8, 4) is 0 Å². The van der Waals surface area contributed by atoms with Gasteiger partial charge >= 0.3 is 0 Å². The van der Waals surface area contributed by atoms with Gasteiger partial charge in [-0.05, 0) is 30.5 Å². The smallest absolute Gasteiger partial charge is 0.194 e. The topological polar surface area (TPSA) is 70.8 Å². The second kappa shape index (κ2) is 9.93. The van der Waals surface area contributed by atoms with Gasteiger partial charge in [0, 0.05) is 58.2 Å². The fourth-order valence-corrected chi connectivity index (χ4v) is 4.21. The van der Waals surface area contributed by atoms with E-state index >= 15 is 0 Å². The van der Waals surface area contributed by atoms with Crippen LogP contribution >= 0.6 is 0 Å². The van der Waals surface area contributed by atoms with Crippen molar-refractivity contribution in [3.63, 3.8) is 0 Å². The van der Waals surface area contributed by atoms with Gasteiger partial charge in [0.2, 0.25) is 0 Å². The molecule has 8 nitrogen and oxygen atoms in total. The van der Waals surface area contributed by atoms with E-state index in [0.717, 1.165) is 50.1 Å². The van der Waals surface area contributed by atoms with Gasteiger partial charge in [-0.3, -0.25) is 9.67 Å². The van der Waals surface area contributed by atoms with Crippen molar-refractivity contribution in [2.45, 2.75) is 38.3 Å². The molecule has 162 valence electrons. The lowest BCUT2D eigenvalue weighted by Crippen LogP contribution is -2.47. The lowest BCUT2D eigenvalue weighted by atomic mass is 10.1. The zero-order valence-electron chi connectivity index (χ0n) is 18.1. The van der Waals surface area contributed by atoms with Crippen molar-refractivity contribution >= 4 is 11.8 Å². The van der Waals surface area contributed by atoms with E-state index in [9.17, 15) is 0 Å². The van der Waals surface area contributed by atoms with E-state index in [1.165, 1.54) is 31.2 Å². The third kappa shape index (κ3) is 5.11. The Morgan fingerprint density at radius 1 is 1.23 bits per heavy atom. The standard InChI is InChI=1S/C22H33N7O/c1-23-22(29-11-12-30-20(17-29)19-15-26-27(2)16-19)25-14-18-7-8-24-21(13-18)28-9-5-3-4-6-10-28/h7-8,13,15-16,20H,3-6,9-12,14,17H2,1-2H3,(H,23,25). The minimum atomic E-state index is 0.0153. The highest BCUT2D eigenvalue weighted by molar-refractivity contribution is 5.80. The second-order valence-corrected chi connectivity index (χ2v) is 8.08. The fraction of sp³-hybridized carbons (Fsp3) is 0.591. The molecule has 4 heterocycles. The molecule has 2 aliphatic rings. The van der Waals surface area contributed by atoms with Crippen LogP contribution in [0.2, 0.25) is 0 Å². The molecule has 0 saturated carbocycles. The van der Waals surface area contributed by atoms with Crippen molar-refractivity contribution in [2.24, 2.45) is 12.0 Å². The molecule has 1 N–H and O–H groups in total. The molecule has 1 atom stereocenters. The molecule has 4 rings (SSSR count). The summed E-state index contributed by atoms with van der Waals surface area (Å²) in [7, 11) is 3.77. The summed E-state index contributed by atoms with van der Waals surface area (Å²) in [5.41, 5.74) is 2.33. The Morgan fingerprint density at radius 3 is 2.80 bits per heavy atom. The molecule has 0 aliphatic carbocycles. The SMILES string of the molecule is CN=C(NCc1ccnc(N2CCCCCC2)c1)N1CCOC(c2cnn(C)c2)C1. The van der Waals surface area contributed by atoms with E-state index in [1.54, 1.807) is 0 Å². The molecular formula is C22H33N7O. The molecule has 30 heavy (non-hydrogen) atoms. The number of pyridine rings is 1. The predicted molar refractivity (Wildman–Crippen MR) is 119 cm³/mol. The highest BCUT2D eigenvalue weighted by Gasteiger charge is 2.25. The van der Waals surface area contributed by atoms with Gasteiger partial charge in [0.1, 0.15) is 11.9 Å². The Hall–Kier alpha value is -2.61. The van der Waals surface area contributed by atoms with Gasteiger partial charge in [-0.25, -0.2) is 4.98 Å². The van der Waals surface area contributed by atoms with E-state index in [4.69, 9.17) is 4.74 Å². The first-order valence-electron chi connectivity index (χ1n) is 11.0. The number of hydrogen-bond acceptors (Lipinski definition) is 5. The first kappa shape index (κ1) is 20.7. The van der Waals surface area contributed by atoms with Crippen LogP contribution < -0.4 is 10.2 Å². The quantitative estimate of drug-likeness (QED) is 0.615. The number of guanidine groups is 1. The molecule has 2 aromatic heterocycles. The van der Waals surface area contributed by atoms with Crippen molar-refractivity contribution in [2.75, 3.05) is 44.7 Å². The van der Waals surface area contributed by atoms with Crippen LogP contribution in [-0.4, -0.2) is 65.5 Å². The molecule has 2 saturated heterocycles. The molecule has 8 heteroatoms. The van der Waals surface area contributed by atoms with Crippen LogP contribution in [0.25, 0.3) is 0 Å². The number of hydrogen-bond donors (Lipinski definition) is 1. The maximum Gasteiger partial charge on any atom is 0.194 e. The Bertz CT molecular complexity index is 842. The van der Waals surface area contributed by atoms with Crippen molar-refractivity contribution in [3.05, 3.63) is 41.9 Å². The van der Waals surface area contributed by atoms with Crippen LogP contribution in [0, 0.1) is 0 Å². The molecule has 0 radical (unpaired) electrons. The summed E-state index contributed by atoms with van der Waals surface area (Å²) in [6.45, 7) is 5.20. The van der Waals surface area contributed by atoms with Gasteiger partial charge in [-0.15, -0.1) is 0 Å². The molecule has 2 aliphatic heterocycles. The number of nitrogens with one attached hydrogen (secondary N) is 1. The van der Waals surface area contributed by atoms with Crippen LogP contribution in [0.1, 0.15) is 42.9 Å². The maximum absolute atomic E-state index is 5.97. The summed E-state index contributed by atoms with van der Waals surface area (Å²) >= 11 is 0. The van der Waals surface area contributed by atoms with Crippen molar-refractivity contribution in [1.29, 1.82) is 0 Å². The molecule has 0 spiro atoms. The van der Waals surface area contributed by atoms with Crippen LogP contribution in [0.5, 0.6) is 0 Å². The Labute approximate surface area is 178 Å². The maximum atomic E-state index is 5.97. The average molecular weight is 412 g/mol. The highest BCUT2D eigenvalue weighted by atomic mass is 16.5.